The van der Waals surface area contributed by atoms with Crippen LogP contribution in [-0.2, 0) is 20.7 Å². The van der Waals surface area contributed by atoms with Gasteiger partial charge in [0, 0.05) is 5.39 Å². The molecule has 3 aromatic rings. The van der Waals surface area contributed by atoms with Gasteiger partial charge in [-0.2, -0.15) is 0 Å². The summed E-state index contributed by atoms with van der Waals surface area (Å²) in [5, 5.41) is 10.2. The number of esters is 2. The molecule has 1 N–H and O–H groups in total. The largest absolute Gasteiger partial charge is 0.508 e. The fraction of sp³-hybridized carbons (Fsp3) is 0.269. The Morgan fingerprint density at radius 1 is 1.06 bits per heavy atom. The number of allylic oxidation sites excluding steroid dienone is 1. The lowest BCUT2D eigenvalue weighted by atomic mass is 10.0. The van der Waals surface area contributed by atoms with E-state index in [2.05, 4.69) is 0 Å². The molecule has 0 radical (unpaired) electrons. The topological polar surface area (TPSA) is 85.7 Å². The smallest absolute Gasteiger partial charge is 0.344 e. The number of rotatable bonds is 7. The summed E-state index contributed by atoms with van der Waals surface area (Å²) in [5.41, 5.74) is 4.72. The molecule has 0 spiro atoms. The van der Waals surface area contributed by atoms with E-state index in [0.717, 1.165) is 41.7 Å². The maximum absolute atomic E-state index is 13.1. The van der Waals surface area contributed by atoms with Crippen LogP contribution < -0.4 is 0 Å². The van der Waals surface area contributed by atoms with Crippen molar-refractivity contribution in [2.75, 3.05) is 13.2 Å². The Labute approximate surface area is 186 Å². The number of unbranched alkanes of at least 4 members (excludes halogenated alkanes) is 1. The van der Waals surface area contributed by atoms with Crippen LogP contribution in [0, 0.1) is 0 Å². The number of carbonyl (C=O) groups excluding carboxylic acids is 2. The molecule has 0 unspecified atom stereocenters. The summed E-state index contributed by atoms with van der Waals surface area (Å²) < 4.78 is 10.4. The third-order valence-electron chi connectivity index (χ3n) is 5.46. The number of ether oxygens (including phenoxy) is 2. The Balaban J connectivity index is 1.65. The lowest BCUT2D eigenvalue weighted by Gasteiger charge is -2.12. The van der Waals surface area contributed by atoms with E-state index < -0.39 is 18.5 Å². The van der Waals surface area contributed by atoms with Gasteiger partial charge in [-0.05, 0) is 60.2 Å². The summed E-state index contributed by atoms with van der Waals surface area (Å²) in [6.45, 7) is 1.92. The maximum Gasteiger partial charge on any atom is 0.344 e. The van der Waals surface area contributed by atoms with Crippen LogP contribution in [0.25, 0.3) is 22.6 Å². The van der Waals surface area contributed by atoms with E-state index in [0.29, 0.717) is 29.5 Å². The van der Waals surface area contributed by atoms with Gasteiger partial charge in [0.2, 0.25) is 0 Å². The highest BCUT2D eigenvalue weighted by Gasteiger charge is 2.28. The second kappa shape index (κ2) is 9.64. The molecule has 1 heterocycles. The summed E-state index contributed by atoms with van der Waals surface area (Å²) in [4.78, 5) is 29.8. The van der Waals surface area contributed by atoms with Gasteiger partial charge in [-0.1, -0.05) is 43.7 Å². The standard InChI is InChI=1S/C26H25NO5/c1-2-3-14-31-23(29)16-32-26(30)24-20-6-4-5-7-22(20)27-25-18(10-13-21(24)25)15-17-8-11-19(28)12-9-17/h4-9,11-12,15,28H,2-3,10,13-14,16H2,1H3/b18-15+. The van der Waals surface area contributed by atoms with Gasteiger partial charge in [0.25, 0.3) is 0 Å². The molecule has 0 bridgehead atoms. The number of para-hydroxylation sites is 1. The zero-order valence-electron chi connectivity index (χ0n) is 18.0. The van der Waals surface area contributed by atoms with Crippen molar-refractivity contribution in [2.45, 2.75) is 32.6 Å². The number of fused-ring (bicyclic) bond motifs is 2. The lowest BCUT2D eigenvalue weighted by Crippen LogP contribution is -2.18. The molecule has 6 heteroatoms. The number of phenolic OH excluding ortho intramolecular Hbond substituents is 1. The number of hydrogen-bond donors (Lipinski definition) is 1. The number of nitrogens with zero attached hydrogens (tertiary/aromatic N) is 1. The molecule has 164 valence electrons. The lowest BCUT2D eigenvalue weighted by molar-refractivity contribution is -0.147. The van der Waals surface area contributed by atoms with Gasteiger partial charge in [0.1, 0.15) is 5.75 Å². The molecule has 0 fully saturated rings. The molecule has 32 heavy (non-hydrogen) atoms. The third kappa shape index (κ3) is 4.64. The Hall–Kier alpha value is -3.67. The molecule has 1 aromatic heterocycles. The monoisotopic (exact) mass is 431 g/mol. The van der Waals surface area contributed by atoms with E-state index >= 15 is 0 Å². The van der Waals surface area contributed by atoms with Crippen LogP contribution in [0.3, 0.4) is 0 Å². The molecular formula is C26H25NO5. The molecule has 0 aliphatic heterocycles. The number of phenols is 1. The fourth-order valence-corrected chi connectivity index (χ4v) is 3.85. The Bertz CT molecular complexity index is 1180. The van der Waals surface area contributed by atoms with E-state index in [9.17, 15) is 14.7 Å². The van der Waals surface area contributed by atoms with E-state index in [1.54, 1.807) is 12.1 Å². The SMILES string of the molecule is CCCCOC(=O)COC(=O)c1c2c(nc3ccccc13)/C(=C/c1ccc(O)cc1)CC2. The molecule has 6 nitrogen and oxygen atoms in total. The van der Waals surface area contributed by atoms with Gasteiger partial charge in [-0.3, -0.25) is 0 Å². The van der Waals surface area contributed by atoms with Crippen LogP contribution in [-0.4, -0.2) is 35.2 Å². The van der Waals surface area contributed by atoms with E-state index in [-0.39, 0.29) is 5.75 Å². The first kappa shape index (κ1) is 21.6. The number of carbonyl (C=O) groups is 2. The summed E-state index contributed by atoms with van der Waals surface area (Å²) >= 11 is 0. The van der Waals surface area contributed by atoms with Crippen molar-refractivity contribution in [3.63, 3.8) is 0 Å². The van der Waals surface area contributed by atoms with Crippen LogP contribution in [0.5, 0.6) is 5.75 Å². The average molecular weight is 431 g/mol. The van der Waals surface area contributed by atoms with Crippen molar-refractivity contribution in [3.8, 4) is 5.75 Å². The quantitative estimate of drug-likeness (QED) is 0.422. The average Bonchev–Trinajstić information content (AvgIpc) is 3.19. The minimum Gasteiger partial charge on any atom is -0.508 e. The van der Waals surface area contributed by atoms with Crippen molar-refractivity contribution in [1.29, 1.82) is 0 Å². The maximum atomic E-state index is 13.1. The summed E-state index contributed by atoms with van der Waals surface area (Å²) in [7, 11) is 0. The second-order valence-electron chi connectivity index (χ2n) is 7.74. The molecule has 0 amide bonds. The van der Waals surface area contributed by atoms with Crippen molar-refractivity contribution < 1.29 is 24.2 Å². The molecule has 0 saturated heterocycles. The highest BCUT2D eigenvalue weighted by Crippen LogP contribution is 2.37. The van der Waals surface area contributed by atoms with Crippen molar-refractivity contribution in [1.82, 2.24) is 4.98 Å². The summed E-state index contributed by atoms with van der Waals surface area (Å²) in [6.07, 6.45) is 5.11. The minimum absolute atomic E-state index is 0.210. The predicted octanol–water partition coefficient (Wildman–Crippen LogP) is 4.93. The van der Waals surface area contributed by atoms with Crippen LogP contribution >= 0.6 is 0 Å². The summed E-state index contributed by atoms with van der Waals surface area (Å²) in [6, 6.07) is 14.4. The molecule has 0 saturated carbocycles. The van der Waals surface area contributed by atoms with Gasteiger partial charge in [-0.15, -0.1) is 0 Å². The highest BCUT2D eigenvalue weighted by atomic mass is 16.6. The van der Waals surface area contributed by atoms with Crippen LogP contribution in [0.4, 0.5) is 0 Å². The van der Waals surface area contributed by atoms with E-state index in [1.807, 2.05) is 49.4 Å². The molecule has 4 rings (SSSR count). The highest BCUT2D eigenvalue weighted by molar-refractivity contribution is 6.07. The summed E-state index contributed by atoms with van der Waals surface area (Å²) in [5.74, 6) is -0.880. The van der Waals surface area contributed by atoms with Crippen LogP contribution in [0.2, 0.25) is 0 Å². The zero-order chi connectivity index (χ0) is 22.5. The molecule has 2 aromatic carbocycles. The first-order valence-electron chi connectivity index (χ1n) is 10.8. The fourth-order valence-electron chi connectivity index (χ4n) is 3.85. The van der Waals surface area contributed by atoms with Crippen molar-refractivity contribution >= 4 is 34.5 Å². The Kier molecular flexibility index (Phi) is 6.50. The Morgan fingerprint density at radius 3 is 2.62 bits per heavy atom. The number of pyridine rings is 1. The van der Waals surface area contributed by atoms with Gasteiger partial charge >= 0.3 is 11.9 Å². The Morgan fingerprint density at radius 2 is 1.84 bits per heavy atom. The van der Waals surface area contributed by atoms with Crippen LogP contribution in [0.15, 0.2) is 48.5 Å². The second-order valence-corrected chi connectivity index (χ2v) is 7.74. The number of hydrogen-bond acceptors (Lipinski definition) is 6. The van der Waals surface area contributed by atoms with E-state index in [1.165, 1.54) is 0 Å². The minimum atomic E-state index is -0.547. The first-order valence-corrected chi connectivity index (χ1v) is 10.8. The first-order chi connectivity index (χ1) is 15.6. The molecule has 1 aliphatic rings. The normalized spacial score (nSPS) is 13.8. The number of aromatic hydroxyl groups is 1. The van der Waals surface area contributed by atoms with Crippen molar-refractivity contribution in [2.24, 2.45) is 0 Å². The third-order valence-corrected chi connectivity index (χ3v) is 5.46. The van der Waals surface area contributed by atoms with Crippen LogP contribution in [0.1, 0.15) is 53.4 Å². The number of aromatic nitrogens is 1. The number of benzene rings is 2. The van der Waals surface area contributed by atoms with Gasteiger partial charge in [0.15, 0.2) is 6.61 Å². The zero-order valence-corrected chi connectivity index (χ0v) is 18.0. The molecule has 0 atom stereocenters. The predicted molar refractivity (Wildman–Crippen MR) is 122 cm³/mol. The molecular weight excluding hydrogens is 406 g/mol. The van der Waals surface area contributed by atoms with Gasteiger partial charge < -0.3 is 14.6 Å². The van der Waals surface area contributed by atoms with Gasteiger partial charge in [0.05, 0.1) is 23.4 Å². The van der Waals surface area contributed by atoms with Crippen molar-refractivity contribution in [3.05, 3.63) is 70.9 Å². The van der Waals surface area contributed by atoms with Gasteiger partial charge in [-0.25, -0.2) is 14.6 Å². The molecule has 1 aliphatic carbocycles. The van der Waals surface area contributed by atoms with E-state index in [4.69, 9.17) is 14.5 Å².